The molecule has 33 heavy (non-hydrogen) atoms. The highest BCUT2D eigenvalue weighted by Gasteiger charge is 2.40. The molecule has 4 heteroatoms. The first kappa shape index (κ1) is 21.2. The predicted octanol–water partition coefficient (Wildman–Crippen LogP) is 6.57. The number of rotatable bonds is 7. The molecular formula is C29H29NO3. The van der Waals surface area contributed by atoms with Gasteiger partial charge in [0.1, 0.15) is 23.4 Å². The number of allylic oxidation sites excluding steroid dienone is 3. The lowest BCUT2D eigenvalue weighted by atomic mass is 10.0. The molecule has 5 rings (SSSR count). The Morgan fingerprint density at radius 2 is 1.06 bits per heavy atom. The van der Waals surface area contributed by atoms with Gasteiger partial charge in [-0.2, -0.15) is 0 Å². The van der Waals surface area contributed by atoms with Crippen molar-refractivity contribution in [1.29, 1.82) is 0 Å². The summed E-state index contributed by atoms with van der Waals surface area (Å²) in [4.78, 5) is 2.28. The van der Waals surface area contributed by atoms with E-state index in [0.29, 0.717) is 0 Å². The van der Waals surface area contributed by atoms with Gasteiger partial charge in [-0.3, -0.25) is 0 Å². The fraction of sp³-hybridized carbons (Fsp3) is 0.241. The van der Waals surface area contributed by atoms with Crippen molar-refractivity contribution in [2.75, 3.05) is 0 Å². The first-order valence-corrected chi connectivity index (χ1v) is 11.7. The summed E-state index contributed by atoms with van der Waals surface area (Å²) in [6.07, 6.45) is 9.72. The third kappa shape index (κ3) is 5.40. The Labute approximate surface area is 195 Å². The normalized spacial score (nSPS) is 22.4. The van der Waals surface area contributed by atoms with Crippen LogP contribution >= 0.6 is 0 Å². The molecule has 0 amide bonds. The Balaban J connectivity index is 1.47. The molecule has 0 radical (unpaired) electrons. The van der Waals surface area contributed by atoms with E-state index in [2.05, 4.69) is 23.1 Å². The average molecular weight is 440 g/mol. The second-order valence-electron chi connectivity index (χ2n) is 8.31. The average Bonchev–Trinajstić information content (AvgIpc) is 2.86. The van der Waals surface area contributed by atoms with E-state index in [1.54, 1.807) is 0 Å². The van der Waals surface area contributed by atoms with Gasteiger partial charge in [-0.05, 0) is 55.3 Å². The van der Waals surface area contributed by atoms with Crippen molar-refractivity contribution >= 4 is 0 Å². The van der Waals surface area contributed by atoms with Gasteiger partial charge in [0.25, 0.3) is 0 Å². The van der Waals surface area contributed by atoms with Crippen LogP contribution in [-0.4, -0.2) is 23.5 Å². The maximum atomic E-state index is 6.55. The van der Waals surface area contributed by atoms with Crippen LogP contribution in [-0.2, 0) is 0 Å². The van der Waals surface area contributed by atoms with E-state index in [4.69, 9.17) is 14.2 Å². The molecule has 3 aromatic carbocycles. The molecule has 2 atom stereocenters. The summed E-state index contributed by atoms with van der Waals surface area (Å²) < 4.78 is 19.5. The summed E-state index contributed by atoms with van der Waals surface area (Å²) in [5.41, 5.74) is 1.14. The molecule has 1 saturated heterocycles. The van der Waals surface area contributed by atoms with E-state index in [1.807, 2.05) is 91.0 Å². The Morgan fingerprint density at radius 1 is 0.576 bits per heavy atom. The molecule has 0 aromatic heterocycles. The highest BCUT2D eigenvalue weighted by Crippen LogP contribution is 2.34. The summed E-state index contributed by atoms with van der Waals surface area (Å²) >= 11 is 0. The Kier molecular flexibility index (Phi) is 6.62. The summed E-state index contributed by atoms with van der Waals surface area (Å²) in [7, 11) is 0. The van der Waals surface area contributed by atoms with Gasteiger partial charge in [-0.15, -0.1) is 0 Å². The molecular weight excluding hydrogens is 410 g/mol. The van der Waals surface area contributed by atoms with Crippen LogP contribution in [0.15, 0.2) is 115 Å². The quantitative estimate of drug-likeness (QED) is 0.416. The van der Waals surface area contributed by atoms with E-state index in [1.165, 1.54) is 0 Å². The molecule has 0 spiro atoms. The van der Waals surface area contributed by atoms with E-state index >= 15 is 0 Å². The number of ether oxygens (including phenoxy) is 3. The summed E-state index contributed by atoms with van der Waals surface area (Å²) in [5.74, 6) is 2.54. The molecule has 0 bridgehead atoms. The van der Waals surface area contributed by atoms with Crippen molar-refractivity contribution in [3.63, 3.8) is 0 Å². The van der Waals surface area contributed by atoms with Gasteiger partial charge in [0, 0.05) is 18.5 Å². The number of benzene rings is 3. The van der Waals surface area contributed by atoms with Crippen molar-refractivity contribution < 1.29 is 14.2 Å². The van der Waals surface area contributed by atoms with Crippen molar-refractivity contribution in [3.05, 3.63) is 115 Å². The van der Waals surface area contributed by atoms with Crippen LogP contribution in [0, 0.1) is 0 Å². The highest BCUT2D eigenvalue weighted by molar-refractivity contribution is 5.27. The number of hydrogen-bond acceptors (Lipinski definition) is 4. The van der Waals surface area contributed by atoms with Gasteiger partial charge in [0.15, 0.2) is 12.5 Å². The standard InChI is InChI=1S/C29H29NO3/c1-5-13-23(14-6-1)30-28(32-25-17-9-3-10-18-25)21-27(31-24-15-7-2-8-16-24)22-29(30)33-26-19-11-4-12-20-26/h2-5,7-20,27-29H,1,6,21-22H2. The molecule has 2 unspecified atom stereocenters. The Morgan fingerprint density at radius 3 is 1.52 bits per heavy atom. The molecule has 0 N–H and O–H groups in total. The zero-order valence-corrected chi connectivity index (χ0v) is 18.6. The molecule has 1 aliphatic heterocycles. The van der Waals surface area contributed by atoms with E-state index in [0.717, 1.165) is 48.6 Å². The number of nitrogens with zero attached hydrogens (tertiary/aromatic N) is 1. The minimum absolute atomic E-state index is 0.0424. The first-order valence-electron chi connectivity index (χ1n) is 11.7. The minimum atomic E-state index is -0.224. The molecule has 2 aliphatic rings. The second-order valence-corrected chi connectivity index (χ2v) is 8.31. The monoisotopic (exact) mass is 439 g/mol. The van der Waals surface area contributed by atoms with Gasteiger partial charge < -0.3 is 19.1 Å². The third-order valence-electron chi connectivity index (χ3n) is 5.90. The summed E-state index contributed by atoms with van der Waals surface area (Å²) in [6.45, 7) is 0. The minimum Gasteiger partial charge on any atom is -0.490 e. The van der Waals surface area contributed by atoms with Crippen LogP contribution in [0.4, 0.5) is 0 Å². The summed E-state index contributed by atoms with van der Waals surface area (Å²) in [6, 6.07) is 30.0. The summed E-state index contributed by atoms with van der Waals surface area (Å²) in [5, 5.41) is 0. The zero-order chi connectivity index (χ0) is 22.3. The number of likely N-dealkylation sites (tertiary alicyclic amines) is 1. The van der Waals surface area contributed by atoms with E-state index in [-0.39, 0.29) is 18.6 Å². The second kappa shape index (κ2) is 10.3. The van der Waals surface area contributed by atoms with Gasteiger partial charge in [-0.1, -0.05) is 66.7 Å². The van der Waals surface area contributed by atoms with Crippen LogP contribution in [0.25, 0.3) is 0 Å². The molecule has 1 heterocycles. The number of para-hydroxylation sites is 3. The predicted molar refractivity (Wildman–Crippen MR) is 130 cm³/mol. The fourth-order valence-corrected chi connectivity index (χ4v) is 4.39. The largest absolute Gasteiger partial charge is 0.490 e. The molecule has 1 fully saturated rings. The molecule has 1 aliphatic carbocycles. The molecule has 168 valence electrons. The van der Waals surface area contributed by atoms with Crippen molar-refractivity contribution in [2.24, 2.45) is 0 Å². The highest BCUT2D eigenvalue weighted by atomic mass is 16.5. The van der Waals surface area contributed by atoms with Crippen LogP contribution in [0.3, 0.4) is 0 Å². The topological polar surface area (TPSA) is 30.9 Å². The van der Waals surface area contributed by atoms with Gasteiger partial charge >= 0.3 is 0 Å². The van der Waals surface area contributed by atoms with E-state index in [9.17, 15) is 0 Å². The Bertz CT molecular complexity index is 1010. The third-order valence-corrected chi connectivity index (χ3v) is 5.90. The van der Waals surface area contributed by atoms with Crippen LogP contribution in [0.1, 0.15) is 25.7 Å². The van der Waals surface area contributed by atoms with Crippen LogP contribution < -0.4 is 14.2 Å². The maximum Gasteiger partial charge on any atom is 0.178 e. The number of hydrogen-bond donors (Lipinski definition) is 0. The molecule has 4 nitrogen and oxygen atoms in total. The Hall–Kier alpha value is -3.66. The lowest BCUT2D eigenvalue weighted by Gasteiger charge is -2.46. The van der Waals surface area contributed by atoms with Crippen molar-refractivity contribution in [2.45, 2.75) is 44.2 Å². The lowest BCUT2D eigenvalue weighted by molar-refractivity contribution is -0.115. The van der Waals surface area contributed by atoms with Gasteiger partial charge in [0.05, 0.1) is 0 Å². The smallest absolute Gasteiger partial charge is 0.178 e. The van der Waals surface area contributed by atoms with E-state index < -0.39 is 0 Å². The van der Waals surface area contributed by atoms with Gasteiger partial charge in [-0.25, -0.2) is 0 Å². The molecule has 0 saturated carbocycles. The fourth-order valence-electron chi connectivity index (χ4n) is 4.39. The first-order chi connectivity index (χ1) is 16.3. The molecule has 3 aromatic rings. The lowest BCUT2D eigenvalue weighted by Crippen LogP contribution is -2.55. The van der Waals surface area contributed by atoms with Crippen LogP contribution in [0.2, 0.25) is 0 Å². The van der Waals surface area contributed by atoms with Gasteiger partial charge in [0.2, 0.25) is 0 Å². The maximum absolute atomic E-state index is 6.55. The SMILES string of the molecule is C1=CC(N2C(Oc3ccccc3)CC(Oc3ccccc3)CC2Oc2ccccc2)=CCC1. The van der Waals surface area contributed by atoms with Crippen LogP contribution in [0.5, 0.6) is 17.2 Å². The zero-order valence-electron chi connectivity index (χ0n) is 18.6. The van der Waals surface area contributed by atoms with Crippen molar-refractivity contribution in [3.8, 4) is 17.2 Å². The number of piperidine rings is 1. The van der Waals surface area contributed by atoms with Crippen molar-refractivity contribution in [1.82, 2.24) is 4.90 Å².